The van der Waals surface area contributed by atoms with Crippen LogP contribution in [0.15, 0.2) is 36.2 Å². The van der Waals surface area contributed by atoms with Gasteiger partial charge >= 0.3 is 0 Å². The Morgan fingerprint density at radius 2 is 1.57 bits per heavy atom. The van der Waals surface area contributed by atoms with E-state index >= 15 is 0 Å². The van der Waals surface area contributed by atoms with Crippen LogP contribution in [0.25, 0.3) is 0 Å². The fraction of sp³-hybridized carbons (Fsp3) is 0.632. The van der Waals surface area contributed by atoms with Crippen molar-refractivity contribution in [3.8, 4) is 0 Å². The number of allylic oxidation sites excluding steroid dienone is 5. The van der Waals surface area contributed by atoms with Gasteiger partial charge < -0.3 is 10.1 Å². The van der Waals surface area contributed by atoms with E-state index in [0.717, 1.165) is 12.8 Å². The molecule has 21 heavy (non-hydrogen) atoms. The van der Waals surface area contributed by atoms with Gasteiger partial charge in [-0.3, -0.25) is 0 Å². The van der Waals surface area contributed by atoms with Gasteiger partial charge in [0.2, 0.25) is 0 Å². The minimum Gasteiger partial charge on any atom is -0.365 e. The molecule has 2 nitrogen and oxygen atoms in total. The zero-order valence-electron chi connectivity index (χ0n) is 13.1. The van der Waals surface area contributed by atoms with E-state index in [1.807, 2.05) is 12.3 Å². The summed E-state index contributed by atoms with van der Waals surface area (Å²) in [6.07, 6.45) is 24.0. The minimum atomic E-state index is 0.293. The molecule has 2 atom stereocenters. The van der Waals surface area contributed by atoms with E-state index in [0.29, 0.717) is 11.8 Å². The second-order valence-corrected chi connectivity index (χ2v) is 6.38. The molecule has 116 valence electrons. The van der Waals surface area contributed by atoms with Gasteiger partial charge in [-0.2, -0.15) is 0 Å². The third-order valence-electron chi connectivity index (χ3n) is 4.73. The lowest BCUT2D eigenvalue weighted by Crippen LogP contribution is -2.16. The number of carbonyl (C=O) groups excluding carboxylic acids is 1. The first kappa shape index (κ1) is 16.1. The molecule has 1 N–H and O–H groups in total. The average molecular weight is 287 g/mol. The highest BCUT2D eigenvalue weighted by atomic mass is 16.1. The van der Waals surface area contributed by atoms with E-state index in [-0.39, 0.29) is 0 Å². The molecule has 2 unspecified atom stereocenters. The summed E-state index contributed by atoms with van der Waals surface area (Å²) in [5, 5.41) is 3.44. The van der Waals surface area contributed by atoms with Crippen molar-refractivity contribution in [2.24, 2.45) is 11.8 Å². The summed E-state index contributed by atoms with van der Waals surface area (Å²) in [5.74, 6) is 0.907. The van der Waals surface area contributed by atoms with Gasteiger partial charge in [-0.1, -0.05) is 50.7 Å². The lowest BCUT2D eigenvalue weighted by molar-refractivity contribution is -0.111. The van der Waals surface area contributed by atoms with E-state index in [1.165, 1.54) is 63.3 Å². The van der Waals surface area contributed by atoms with Crippen molar-refractivity contribution < 1.29 is 4.79 Å². The van der Waals surface area contributed by atoms with Crippen LogP contribution in [0.3, 0.4) is 0 Å². The molecule has 0 spiro atoms. The molecule has 0 aromatic rings. The van der Waals surface area contributed by atoms with Crippen molar-refractivity contribution in [2.45, 2.75) is 64.2 Å². The van der Waals surface area contributed by atoms with E-state index in [9.17, 15) is 4.79 Å². The Kier molecular flexibility index (Phi) is 7.34. The molecule has 0 saturated heterocycles. The Morgan fingerprint density at radius 3 is 2.43 bits per heavy atom. The van der Waals surface area contributed by atoms with Crippen LogP contribution < -0.4 is 5.32 Å². The van der Waals surface area contributed by atoms with Gasteiger partial charge in [-0.25, -0.2) is 0 Å². The second kappa shape index (κ2) is 9.59. The summed E-state index contributed by atoms with van der Waals surface area (Å²) < 4.78 is 0. The maximum Gasteiger partial charge on any atom is 0.123 e. The van der Waals surface area contributed by atoms with Crippen LogP contribution in [-0.4, -0.2) is 6.29 Å². The molecule has 0 radical (unpaired) electrons. The molecule has 2 rings (SSSR count). The molecular weight excluding hydrogens is 258 g/mol. The number of aldehydes is 1. The Hall–Kier alpha value is -1.31. The Bertz CT molecular complexity index is 394. The molecule has 1 aliphatic heterocycles. The van der Waals surface area contributed by atoms with Gasteiger partial charge in [0.1, 0.15) is 6.29 Å². The van der Waals surface area contributed by atoms with Gasteiger partial charge in [0.15, 0.2) is 0 Å². The lowest BCUT2D eigenvalue weighted by atomic mass is 9.87. The van der Waals surface area contributed by atoms with Crippen LogP contribution in [0.2, 0.25) is 0 Å². The molecule has 1 saturated carbocycles. The molecular formula is C19H29NO. The van der Waals surface area contributed by atoms with Gasteiger partial charge in [-0.15, -0.1) is 0 Å². The number of nitrogens with one attached hydrogen (secondary N) is 1. The summed E-state index contributed by atoms with van der Waals surface area (Å²) in [6.45, 7) is 0. The maximum absolute atomic E-state index is 11.2. The van der Waals surface area contributed by atoms with Crippen LogP contribution in [0.4, 0.5) is 0 Å². The summed E-state index contributed by atoms with van der Waals surface area (Å²) in [4.78, 5) is 11.2. The standard InChI is InChI=1S/C19H29NO/c21-16-17-10-5-2-1-3-6-12-18(13-9-11-17)19-14-7-4-8-15-20-19/h4,7-8,14-18,20H,1-3,5-6,9-13H2. The maximum atomic E-state index is 11.2. The fourth-order valence-corrected chi connectivity index (χ4v) is 3.42. The van der Waals surface area contributed by atoms with Crippen LogP contribution in [-0.2, 0) is 4.79 Å². The Balaban J connectivity index is 1.94. The van der Waals surface area contributed by atoms with Gasteiger partial charge in [0.25, 0.3) is 0 Å². The third kappa shape index (κ3) is 5.91. The first-order valence-corrected chi connectivity index (χ1v) is 8.65. The molecule has 0 bridgehead atoms. The predicted octanol–water partition coefficient (Wildman–Crippen LogP) is 4.89. The predicted molar refractivity (Wildman–Crippen MR) is 88.7 cm³/mol. The SMILES string of the molecule is O=CC1CCCCCCCC(C2=CC=CC=CN2)CCC1. The van der Waals surface area contributed by atoms with Crippen LogP contribution >= 0.6 is 0 Å². The van der Waals surface area contributed by atoms with Crippen molar-refractivity contribution in [1.29, 1.82) is 0 Å². The molecule has 0 aromatic heterocycles. The fourth-order valence-electron chi connectivity index (χ4n) is 3.42. The Morgan fingerprint density at radius 1 is 0.857 bits per heavy atom. The van der Waals surface area contributed by atoms with E-state index in [1.54, 1.807) is 0 Å². The van der Waals surface area contributed by atoms with Crippen LogP contribution in [0.5, 0.6) is 0 Å². The van der Waals surface area contributed by atoms with Gasteiger partial charge in [0.05, 0.1) is 0 Å². The normalized spacial score (nSPS) is 28.5. The van der Waals surface area contributed by atoms with Crippen LogP contribution in [0.1, 0.15) is 64.2 Å². The van der Waals surface area contributed by atoms with E-state index in [2.05, 4.69) is 23.5 Å². The minimum absolute atomic E-state index is 0.293. The highest BCUT2D eigenvalue weighted by molar-refractivity contribution is 5.53. The average Bonchev–Trinajstić information content (AvgIpc) is 2.77. The molecule has 2 heteroatoms. The molecule has 0 amide bonds. The molecule has 0 aromatic carbocycles. The first-order chi connectivity index (χ1) is 10.4. The quantitative estimate of drug-likeness (QED) is 0.733. The van der Waals surface area contributed by atoms with Crippen molar-refractivity contribution >= 4 is 6.29 Å². The molecule has 1 heterocycles. The summed E-state index contributed by atoms with van der Waals surface area (Å²) >= 11 is 0. The van der Waals surface area contributed by atoms with Gasteiger partial charge in [0, 0.05) is 17.8 Å². The van der Waals surface area contributed by atoms with Crippen molar-refractivity contribution in [3.63, 3.8) is 0 Å². The highest BCUT2D eigenvalue weighted by Gasteiger charge is 2.16. The number of hydrogen-bond acceptors (Lipinski definition) is 2. The summed E-state index contributed by atoms with van der Waals surface area (Å²) in [6, 6.07) is 0. The topological polar surface area (TPSA) is 29.1 Å². The first-order valence-electron chi connectivity index (χ1n) is 8.65. The van der Waals surface area contributed by atoms with Crippen molar-refractivity contribution in [2.75, 3.05) is 0 Å². The number of carbonyl (C=O) groups is 1. The van der Waals surface area contributed by atoms with E-state index < -0.39 is 0 Å². The summed E-state index contributed by atoms with van der Waals surface area (Å²) in [7, 11) is 0. The Labute approximate surface area is 129 Å². The smallest absolute Gasteiger partial charge is 0.123 e. The van der Waals surface area contributed by atoms with Crippen molar-refractivity contribution in [1.82, 2.24) is 5.32 Å². The number of hydrogen-bond donors (Lipinski definition) is 1. The largest absolute Gasteiger partial charge is 0.365 e. The zero-order chi connectivity index (χ0) is 14.8. The van der Waals surface area contributed by atoms with Gasteiger partial charge in [-0.05, 0) is 43.8 Å². The van der Waals surface area contributed by atoms with Crippen molar-refractivity contribution in [3.05, 3.63) is 36.2 Å². The zero-order valence-corrected chi connectivity index (χ0v) is 13.1. The molecule has 2 aliphatic rings. The van der Waals surface area contributed by atoms with Crippen LogP contribution in [0, 0.1) is 11.8 Å². The third-order valence-corrected chi connectivity index (χ3v) is 4.73. The monoisotopic (exact) mass is 287 g/mol. The molecule has 1 aliphatic carbocycles. The lowest BCUT2D eigenvalue weighted by Gasteiger charge is -2.22. The highest BCUT2D eigenvalue weighted by Crippen LogP contribution is 2.27. The summed E-state index contributed by atoms with van der Waals surface area (Å²) in [5.41, 5.74) is 1.35. The van der Waals surface area contributed by atoms with E-state index in [4.69, 9.17) is 0 Å². The molecule has 1 fully saturated rings. The second-order valence-electron chi connectivity index (χ2n) is 6.38. The number of rotatable bonds is 2.